The lowest BCUT2D eigenvalue weighted by molar-refractivity contribution is -0.142. The van der Waals surface area contributed by atoms with Crippen LogP contribution >= 0.6 is 7.75 Å². The molecular formula is C25H30FN6O7P. The van der Waals surface area contributed by atoms with Gasteiger partial charge < -0.3 is 24.0 Å². The third-order valence-electron chi connectivity index (χ3n) is 6.14. The van der Waals surface area contributed by atoms with E-state index in [1.54, 1.807) is 44.1 Å². The van der Waals surface area contributed by atoms with Crippen molar-refractivity contribution in [3.8, 4) is 18.1 Å². The summed E-state index contributed by atoms with van der Waals surface area (Å²) in [5.74, 6) is 2.32. The standard InChI is InChI=1S/C25H30FN6O7P/c1-7-25(26)20(33)18(38-24(25)32-14-27-19-21(31(4)5)28-16(3)29-22(19)32)13-37-40(35,30-15(2)23(34)36-6)39-17-11-9-8-10-12-17/h1,8-12,14-15,18,20,24,33H,13H2,2-6H3,(H,30,35)/t15-,18-,20-,24-,25-,40?/m1/s1. The smallest absolute Gasteiger partial charge is 0.459 e. The van der Waals surface area contributed by atoms with E-state index in [1.165, 1.54) is 37.1 Å². The first-order valence-corrected chi connectivity index (χ1v) is 13.7. The molecule has 15 heteroatoms. The molecule has 214 valence electrons. The fourth-order valence-electron chi connectivity index (χ4n) is 4.15. The summed E-state index contributed by atoms with van der Waals surface area (Å²) in [4.78, 5) is 26.8. The van der Waals surface area contributed by atoms with Crippen molar-refractivity contribution in [2.45, 2.75) is 44.0 Å². The van der Waals surface area contributed by atoms with Crippen molar-refractivity contribution in [3.63, 3.8) is 0 Å². The van der Waals surface area contributed by atoms with E-state index in [9.17, 15) is 14.5 Å². The molecule has 0 saturated carbocycles. The predicted octanol–water partition coefficient (Wildman–Crippen LogP) is 2.16. The van der Waals surface area contributed by atoms with Crippen LogP contribution in [0.3, 0.4) is 0 Å². The van der Waals surface area contributed by atoms with E-state index in [4.69, 9.17) is 20.2 Å². The molecule has 1 aromatic carbocycles. The summed E-state index contributed by atoms with van der Waals surface area (Å²) in [6.07, 6.45) is 1.97. The molecule has 13 nitrogen and oxygen atoms in total. The lowest BCUT2D eigenvalue weighted by Gasteiger charge is -2.24. The Bertz CT molecular complexity index is 1470. The van der Waals surface area contributed by atoms with E-state index in [-0.39, 0.29) is 11.4 Å². The highest BCUT2D eigenvalue weighted by atomic mass is 31.2. The quantitative estimate of drug-likeness (QED) is 0.207. The minimum absolute atomic E-state index is 0.168. The number of nitrogens with zero attached hydrogens (tertiary/aromatic N) is 5. The first-order valence-electron chi connectivity index (χ1n) is 12.2. The largest absolute Gasteiger partial charge is 0.468 e. The molecule has 1 aliphatic rings. The van der Waals surface area contributed by atoms with Gasteiger partial charge in [-0.3, -0.25) is 13.9 Å². The highest BCUT2D eigenvalue weighted by Gasteiger charge is 2.58. The van der Waals surface area contributed by atoms with Crippen LogP contribution in [-0.2, 0) is 23.4 Å². The third-order valence-corrected chi connectivity index (χ3v) is 7.79. The first kappa shape index (κ1) is 29.4. The van der Waals surface area contributed by atoms with Gasteiger partial charge in [0.1, 0.15) is 29.8 Å². The summed E-state index contributed by atoms with van der Waals surface area (Å²) in [6, 6.07) is 6.96. The summed E-state index contributed by atoms with van der Waals surface area (Å²) in [5.41, 5.74) is -2.14. The number of aromatic nitrogens is 4. The Morgan fingerprint density at radius 3 is 2.70 bits per heavy atom. The Hall–Kier alpha value is -3.60. The fourth-order valence-corrected chi connectivity index (χ4v) is 5.65. The molecule has 1 fully saturated rings. The zero-order chi connectivity index (χ0) is 29.2. The number of aryl methyl sites for hydroxylation is 1. The molecule has 0 radical (unpaired) electrons. The first-order chi connectivity index (χ1) is 18.9. The van der Waals surface area contributed by atoms with Crippen molar-refractivity contribution < 1.29 is 37.4 Å². The second-order valence-corrected chi connectivity index (χ2v) is 11.0. The molecule has 6 atom stereocenters. The zero-order valence-electron chi connectivity index (χ0n) is 22.5. The van der Waals surface area contributed by atoms with Crippen LogP contribution in [0, 0.1) is 19.3 Å². The maximum Gasteiger partial charge on any atom is 0.459 e. The van der Waals surface area contributed by atoms with E-state index in [0.29, 0.717) is 17.2 Å². The second kappa shape index (κ2) is 11.5. The molecule has 40 heavy (non-hydrogen) atoms. The number of fused-ring (bicyclic) bond motifs is 1. The Labute approximate surface area is 230 Å². The van der Waals surface area contributed by atoms with Gasteiger partial charge in [-0.15, -0.1) is 6.42 Å². The van der Waals surface area contributed by atoms with Crippen LogP contribution < -0.4 is 14.5 Å². The van der Waals surface area contributed by atoms with Gasteiger partial charge in [0.2, 0.25) is 5.67 Å². The maximum atomic E-state index is 16.2. The van der Waals surface area contributed by atoms with Crippen molar-refractivity contribution in [2.75, 3.05) is 32.7 Å². The minimum atomic E-state index is -4.30. The topological polar surface area (TPSA) is 150 Å². The van der Waals surface area contributed by atoms with Crippen molar-refractivity contribution in [1.82, 2.24) is 24.6 Å². The van der Waals surface area contributed by atoms with Crippen molar-refractivity contribution in [1.29, 1.82) is 0 Å². The number of esters is 1. The van der Waals surface area contributed by atoms with E-state index < -0.39 is 50.5 Å². The Morgan fingerprint density at radius 2 is 2.08 bits per heavy atom. The number of hydrogen-bond acceptors (Lipinski definition) is 11. The van der Waals surface area contributed by atoms with Crippen LogP contribution in [0.2, 0.25) is 0 Å². The van der Waals surface area contributed by atoms with Crippen LogP contribution in [-0.4, -0.2) is 82.3 Å². The van der Waals surface area contributed by atoms with Crippen molar-refractivity contribution in [3.05, 3.63) is 42.5 Å². The Morgan fingerprint density at radius 1 is 1.38 bits per heavy atom. The number of carbonyl (C=O) groups is 1. The van der Waals surface area contributed by atoms with E-state index in [0.717, 1.165) is 0 Å². The summed E-state index contributed by atoms with van der Waals surface area (Å²) in [6.45, 7) is 2.44. The third kappa shape index (κ3) is 5.65. The van der Waals surface area contributed by atoms with Crippen molar-refractivity contribution in [2.24, 2.45) is 0 Å². The molecule has 0 spiro atoms. The van der Waals surface area contributed by atoms with Gasteiger partial charge in [-0.1, -0.05) is 24.1 Å². The number of alkyl halides is 1. The molecule has 2 aromatic heterocycles. The number of terminal acetylenes is 1. The molecule has 0 bridgehead atoms. The van der Waals surface area contributed by atoms with Gasteiger partial charge in [-0.2, -0.15) is 5.09 Å². The maximum absolute atomic E-state index is 16.2. The van der Waals surface area contributed by atoms with Crippen LogP contribution in [0.15, 0.2) is 36.7 Å². The number of benzene rings is 1. The van der Waals surface area contributed by atoms with Gasteiger partial charge in [0.15, 0.2) is 23.2 Å². The second-order valence-electron chi connectivity index (χ2n) is 9.27. The SMILES string of the molecule is C#C[C@@]1(F)[C@H](O)[C@@H](COP(=O)(N[C@H](C)C(=O)OC)Oc2ccccc2)O[C@H]1n1cnc2c(N(C)C)nc(C)nc21. The number of ether oxygens (including phenoxy) is 2. The van der Waals surface area contributed by atoms with Crippen LogP contribution in [0.5, 0.6) is 5.75 Å². The number of rotatable bonds is 10. The fraction of sp³-hybridized carbons (Fsp3) is 0.440. The van der Waals surface area contributed by atoms with E-state index >= 15 is 4.39 Å². The molecule has 0 amide bonds. The highest BCUT2D eigenvalue weighted by molar-refractivity contribution is 7.52. The molecular weight excluding hydrogens is 546 g/mol. The lowest BCUT2D eigenvalue weighted by atomic mass is 9.97. The number of imidazole rings is 1. The summed E-state index contributed by atoms with van der Waals surface area (Å²) in [5, 5.41) is 13.4. The molecule has 0 aliphatic carbocycles. The van der Waals surface area contributed by atoms with Crippen LogP contribution in [0.4, 0.5) is 10.2 Å². The number of aliphatic hydroxyl groups excluding tert-OH is 1. The Balaban J connectivity index is 1.62. The zero-order valence-corrected chi connectivity index (χ0v) is 23.4. The number of nitrogens with one attached hydrogen (secondary N) is 1. The molecule has 3 aromatic rings. The molecule has 4 rings (SSSR count). The van der Waals surface area contributed by atoms with Crippen LogP contribution in [0.1, 0.15) is 19.0 Å². The van der Waals surface area contributed by atoms with Gasteiger partial charge in [0, 0.05) is 14.1 Å². The average Bonchev–Trinajstić information content (AvgIpc) is 3.45. The number of para-hydroxylation sites is 1. The molecule has 2 N–H and O–H groups in total. The predicted molar refractivity (Wildman–Crippen MR) is 142 cm³/mol. The Kier molecular flexibility index (Phi) is 8.44. The lowest BCUT2D eigenvalue weighted by Crippen LogP contribution is -2.42. The minimum Gasteiger partial charge on any atom is -0.468 e. The summed E-state index contributed by atoms with van der Waals surface area (Å²) >= 11 is 0. The van der Waals surface area contributed by atoms with Gasteiger partial charge in [-0.25, -0.2) is 23.9 Å². The number of carbonyl (C=O) groups excluding carboxylic acids is 1. The highest BCUT2D eigenvalue weighted by Crippen LogP contribution is 2.48. The summed E-state index contributed by atoms with van der Waals surface area (Å²) in [7, 11) is 0.416. The number of hydrogen-bond donors (Lipinski definition) is 2. The molecule has 1 unspecified atom stereocenters. The van der Waals surface area contributed by atoms with Crippen molar-refractivity contribution >= 4 is 30.7 Å². The van der Waals surface area contributed by atoms with E-state index in [1.807, 2.05) is 5.92 Å². The summed E-state index contributed by atoms with van der Waals surface area (Å²) < 4.78 is 52.7. The van der Waals surface area contributed by atoms with Gasteiger partial charge >= 0.3 is 13.7 Å². The number of halogens is 1. The molecule has 1 aliphatic heterocycles. The molecule has 3 heterocycles. The number of anilines is 1. The average molecular weight is 577 g/mol. The monoisotopic (exact) mass is 576 g/mol. The molecule has 1 saturated heterocycles. The normalized spacial score (nSPS) is 24.7. The van der Waals surface area contributed by atoms with Gasteiger partial charge in [0.25, 0.3) is 0 Å². The van der Waals surface area contributed by atoms with Gasteiger partial charge in [0.05, 0.1) is 20.0 Å². The van der Waals surface area contributed by atoms with E-state index in [2.05, 4.69) is 24.8 Å². The van der Waals surface area contributed by atoms with Gasteiger partial charge in [-0.05, 0) is 26.0 Å². The number of methoxy groups -OCH3 is 1. The number of aliphatic hydroxyl groups is 1. The van der Waals surface area contributed by atoms with Crippen LogP contribution in [0.25, 0.3) is 11.2 Å².